The molecule has 0 aromatic carbocycles. The van der Waals surface area contributed by atoms with Crippen molar-refractivity contribution in [2.24, 2.45) is 7.05 Å². The molecule has 0 aliphatic carbocycles. The Kier molecular flexibility index (Phi) is 4.98. The highest BCUT2D eigenvalue weighted by atomic mass is 32.2. The normalized spacial score (nSPS) is 11.1. The van der Waals surface area contributed by atoms with Crippen LogP contribution in [0, 0.1) is 0 Å². The van der Waals surface area contributed by atoms with Gasteiger partial charge in [-0.15, -0.1) is 0 Å². The summed E-state index contributed by atoms with van der Waals surface area (Å²) in [7, 11) is 3.61. The summed E-state index contributed by atoms with van der Waals surface area (Å²) in [5, 5.41) is 8.47. The van der Waals surface area contributed by atoms with E-state index in [4.69, 9.17) is 4.74 Å². The molecule has 2 aromatic rings. The third kappa shape index (κ3) is 3.36. The Balaban J connectivity index is 2.21. The van der Waals surface area contributed by atoms with Crippen molar-refractivity contribution in [3.8, 4) is 0 Å². The van der Waals surface area contributed by atoms with Crippen LogP contribution >= 0.6 is 11.8 Å². The first-order chi connectivity index (χ1) is 9.26. The Labute approximate surface area is 117 Å². The largest absolute Gasteiger partial charge is 0.384 e. The SMILES string of the molecule is CCNc1nc(CSCCOC)nc2c1cnn2C. The Morgan fingerprint density at radius 2 is 2.26 bits per heavy atom. The molecular formula is C12H19N5OS. The molecule has 2 aromatic heterocycles. The van der Waals surface area contributed by atoms with E-state index in [1.165, 1.54) is 0 Å². The molecule has 0 aliphatic rings. The van der Waals surface area contributed by atoms with Crippen molar-refractivity contribution in [2.75, 3.05) is 31.3 Å². The summed E-state index contributed by atoms with van der Waals surface area (Å²) in [6.45, 7) is 3.63. The van der Waals surface area contributed by atoms with Crippen molar-refractivity contribution in [3.63, 3.8) is 0 Å². The number of hydrogen-bond acceptors (Lipinski definition) is 6. The molecule has 0 aliphatic heterocycles. The lowest BCUT2D eigenvalue weighted by molar-refractivity contribution is 0.218. The molecule has 0 saturated carbocycles. The summed E-state index contributed by atoms with van der Waals surface area (Å²) in [5.41, 5.74) is 0.869. The van der Waals surface area contributed by atoms with Crippen LogP contribution < -0.4 is 5.32 Å². The van der Waals surface area contributed by atoms with Crippen molar-refractivity contribution in [2.45, 2.75) is 12.7 Å². The number of anilines is 1. The first-order valence-electron chi connectivity index (χ1n) is 6.25. The summed E-state index contributed by atoms with van der Waals surface area (Å²) >= 11 is 1.77. The first kappa shape index (κ1) is 14.1. The number of rotatable bonds is 7. The van der Waals surface area contributed by atoms with Crippen molar-refractivity contribution in [3.05, 3.63) is 12.0 Å². The second-order valence-electron chi connectivity index (χ2n) is 4.07. The van der Waals surface area contributed by atoms with Crippen molar-refractivity contribution >= 4 is 28.6 Å². The number of aryl methyl sites for hydroxylation is 1. The highest BCUT2D eigenvalue weighted by molar-refractivity contribution is 7.98. The molecule has 6 nitrogen and oxygen atoms in total. The molecule has 0 radical (unpaired) electrons. The molecule has 1 N–H and O–H groups in total. The van der Waals surface area contributed by atoms with Gasteiger partial charge >= 0.3 is 0 Å². The zero-order chi connectivity index (χ0) is 13.7. The van der Waals surface area contributed by atoms with E-state index in [-0.39, 0.29) is 0 Å². The van der Waals surface area contributed by atoms with Crippen molar-refractivity contribution in [1.82, 2.24) is 19.7 Å². The molecule has 0 fully saturated rings. The molecule has 19 heavy (non-hydrogen) atoms. The maximum absolute atomic E-state index is 5.03. The second-order valence-corrected chi connectivity index (χ2v) is 5.17. The molecule has 0 atom stereocenters. The summed E-state index contributed by atoms with van der Waals surface area (Å²) in [5.74, 6) is 3.42. The minimum atomic E-state index is 0.749. The topological polar surface area (TPSA) is 64.9 Å². The van der Waals surface area contributed by atoms with E-state index in [2.05, 4.69) is 27.3 Å². The Hall–Kier alpha value is -1.34. The maximum atomic E-state index is 5.03. The van der Waals surface area contributed by atoms with Crippen LogP contribution in [0.1, 0.15) is 12.7 Å². The number of thioether (sulfide) groups is 1. The van der Waals surface area contributed by atoms with Crippen molar-refractivity contribution < 1.29 is 4.74 Å². The third-order valence-electron chi connectivity index (χ3n) is 2.65. The molecule has 2 heterocycles. The van der Waals surface area contributed by atoms with Gasteiger partial charge in [-0.3, -0.25) is 4.68 Å². The second kappa shape index (κ2) is 6.72. The molecule has 0 saturated heterocycles. The Morgan fingerprint density at radius 1 is 1.42 bits per heavy atom. The fourth-order valence-electron chi connectivity index (χ4n) is 1.74. The average Bonchev–Trinajstić information content (AvgIpc) is 2.78. The lowest BCUT2D eigenvalue weighted by atomic mass is 10.4. The first-order valence-corrected chi connectivity index (χ1v) is 7.41. The van der Waals surface area contributed by atoms with Crippen LogP contribution in [0.3, 0.4) is 0 Å². The lowest BCUT2D eigenvalue weighted by Gasteiger charge is -2.07. The van der Waals surface area contributed by atoms with Gasteiger partial charge in [-0.05, 0) is 6.92 Å². The molecule has 2 rings (SSSR count). The number of fused-ring (bicyclic) bond motifs is 1. The third-order valence-corrected chi connectivity index (χ3v) is 3.56. The van der Waals surface area contributed by atoms with Crippen LogP contribution in [0.25, 0.3) is 11.0 Å². The molecule has 104 valence electrons. The maximum Gasteiger partial charge on any atom is 0.163 e. The summed E-state index contributed by atoms with van der Waals surface area (Å²) in [6.07, 6.45) is 1.80. The van der Waals surface area contributed by atoms with Crippen LogP contribution in [0.4, 0.5) is 5.82 Å². The average molecular weight is 281 g/mol. The summed E-state index contributed by atoms with van der Waals surface area (Å²) in [6, 6.07) is 0. The highest BCUT2D eigenvalue weighted by Crippen LogP contribution is 2.21. The standard InChI is InChI=1S/C12H19N5OS/c1-4-13-11-9-7-14-17(2)12(9)16-10(15-11)8-19-6-5-18-3/h7H,4-6,8H2,1-3H3,(H,13,15,16). The number of nitrogens with zero attached hydrogens (tertiary/aromatic N) is 4. The van der Waals surface area contributed by atoms with Gasteiger partial charge in [0.15, 0.2) is 5.65 Å². The van der Waals surface area contributed by atoms with Gasteiger partial charge in [0, 0.05) is 26.5 Å². The highest BCUT2D eigenvalue weighted by Gasteiger charge is 2.10. The molecule has 7 heteroatoms. The number of nitrogens with one attached hydrogen (secondary N) is 1. The minimum absolute atomic E-state index is 0.749. The van der Waals surface area contributed by atoms with E-state index in [9.17, 15) is 0 Å². The van der Waals surface area contributed by atoms with E-state index < -0.39 is 0 Å². The zero-order valence-corrected chi connectivity index (χ0v) is 12.3. The van der Waals surface area contributed by atoms with E-state index in [1.54, 1.807) is 29.8 Å². The van der Waals surface area contributed by atoms with E-state index in [0.717, 1.165) is 47.3 Å². The van der Waals surface area contributed by atoms with E-state index in [1.807, 2.05) is 7.05 Å². The van der Waals surface area contributed by atoms with Crippen LogP contribution in [0.2, 0.25) is 0 Å². The van der Waals surface area contributed by atoms with Gasteiger partial charge in [0.25, 0.3) is 0 Å². The van der Waals surface area contributed by atoms with Gasteiger partial charge in [-0.2, -0.15) is 16.9 Å². The van der Waals surface area contributed by atoms with E-state index >= 15 is 0 Å². The van der Waals surface area contributed by atoms with Crippen LogP contribution in [0.5, 0.6) is 0 Å². The number of hydrogen-bond donors (Lipinski definition) is 1. The van der Waals surface area contributed by atoms with Crippen LogP contribution in [-0.4, -0.2) is 45.8 Å². The lowest BCUT2D eigenvalue weighted by Crippen LogP contribution is -2.05. The predicted octanol–water partition coefficient (Wildman–Crippen LogP) is 1.67. The van der Waals surface area contributed by atoms with Gasteiger partial charge in [0.2, 0.25) is 0 Å². The number of ether oxygens (including phenoxy) is 1. The Morgan fingerprint density at radius 3 is 3.00 bits per heavy atom. The Bertz CT molecular complexity index is 542. The number of methoxy groups -OCH3 is 1. The van der Waals surface area contributed by atoms with Gasteiger partial charge in [-0.25, -0.2) is 9.97 Å². The number of aromatic nitrogens is 4. The fraction of sp³-hybridized carbons (Fsp3) is 0.583. The van der Waals surface area contributed by atoms with E-state index in [0.29, 0.717) is 0 Å². The molecule has 0 bridgehead atoms. The molecule has 0 unspecified atom stereocenters. The molecular weight excluding hydrogens is 262 g/mol. The van der Waals surface area contributed by atoms with Gasteiger partial charge < -0.3 is 10.1 Å². The molecule has 0 spiro atoms. The molecule has 0 amide bonds. The smallest absolute Gasteiger partial charge is 0.163 e. The quantitative estimate of drug-likeness (QED) is 0.779. The monoisotopic (exact) mass is 281 g/mol. The van der Waals surface area contributed by atoms with Crippen LogP contribution in [0.15, 0.2) is 6.20 Å². The fourth-order valence-corrected chi connectivity index (χ4v) is 2.48. The summed E-state index contributed by atoms with van der Waals surface area (Å²) in [4.78, 5) is 9.13. The van der Waals surface area contributed by atoms with Crippen molar-refractivity contribution in [1.29, 1.82) is 0 Å². The van der Waals surface area contributed by atoms with Gasteiger partial charge in [0.1, 0.15) is 11.6 Å². The van der Waals surface area contributed by atoms with Crippen LogP contribution in [-0.2, 0) is 17.5 Å². The summed E-state index contributed by atoms with van der Waals surface area (Å²) < 4.78 is 6.81. The zero-order valence-electron chi connectivity index (χ0n) is 11.5. The van der Waals surface area contributed by atoms with Gasteiger partial charge in [0.05, 0.1) is 23.9 Å². The predicted molar refractivity (Wildman–Crippen MR) is 78.5 cm³/mol. The van der Waals surface area contributed by atoms with Gasteiger partial charge in [-0.1, -0.05) is 0 Å². The minimum Gasteiger partial charge on any atom is -0.384 e.